The molecule has 0 aromatic heterocycles. The van der Waals surface area contributed by atoms with Crippen LogP contribution in [0.5, 0.6) is 0 Å². The highest BCUT2D eigenvalue weighted by atomic mass is 16.7. The molecule has 1 saturated heterocycles. The normalized spacial score (nSPS) is 25.4. The fourth-order valence-corrected chi connectivity index (χ4v) is 4.10. The number of carbonyl (C=O) groups excluding carboxylic acids is 2. The lowest BCUT2D eigenvalue weighted by Gasteiger charge is -2.46. The molecular formula is C25H30N2O9. The summed E-state index contributed by atoms with van der Waals surface area (Å²) in [6.45, 7) is 0.751. The average Bonchev–Trinajstić information content (AvgIpc) is 2.88. The molecule has 1 aliphatic heterocycles. The molecule has 1 heterocycles. The number of aliphatic carboxylic acids is 1. The molecule has 2 aromatic rings. The van der Waals surface area contributed by atoms with Crippen LogP contribution in [0.15, 0.2) is 54.6 Å². The van der Waals surface area contributed by atoms with E-state index in [0.29, 0.717) is 5.56 Å². The Hall–Kier alpha value is -3.35. The van der Waals surface area contributed by atoms with Crippen molar-refractivity contribution in [3.05, 3.63) is 60.2 Å². The standard InChI is InChI=1S/C25H30N2O9/c1-14(28)27-20-18(29)12-25(35-2,24(33)34)36-22(20)21(31)19(30)13-26-23(32)17-10-8-16(9-11-17)15-6-4-3-5-7-15/h3-11,18-22,29-31H,12-13H2,1-2H3,(H,26,32)(H,27,28)(H,33,34)/t18-,19+,20+,21+,22?,25+/m0/s1. The second kappa shape index (κ2) is 11.6. The Morgan fingerprint density at radius 2 is 1.69 bits per heavy atom. The predicted octanol–water partition coefficient (Wildman–Crippen LogP) is -0.113. The highest BCUT2D eigenvalue weighted by molar-refractivity contribution is 5.94. The minimum Gasteiger partial charge on any atom is -0.477 e. The van der Waals surface area contributed by atoms with E-state index in [0.717, 1.165) is 18.2 Å². The highest BCUT2D eigenvalue weighted by Crippen LogP contribution is 2.33. The number of nitrogens with one attached hydrogen (secondary N) is 2. The molecule has 2 aromatic carbocycles. The fourth-order valence-electron chi connectivity index (χ4n) is 4.10. The van der Waals surface area contributed by atoms with Gasteiger partial charge in [-0.05, 0) is 23.3 Å². The van der Waals surface area contributed by atoms with E-state index < -0.39 is 67.0 Å². The Kier molecular flexibility index (Phi) is 8.77. The first-order chi connectivity index (χ1) is 17.1. The zero-order chi connectivity index (χ0) is 26.5. The number of hydrogen-bond acceptors (Lipinski definition) is 8. The number of hydrogen-bond donors (Lipinski definition) is 6. The smallest absolute Gasteiger partial charge is 0.364 e. The molecule has 11 heteroatoms. The minimum atomic E-state index is -2.30. The maximum absolute atomic E-state index is 12.6. The molecule has 0 aliphatic carbocycles. The summed E-state index contributed by atoms with van der Waals surface area (Å²) in [5, 5.41) is 46.3. The van der Waals surface area contributed by atoms with Crippen molar-refractivity contribution in [1.29, 1.82) is 0 Å². The van der Waals surface area contributed by atoms with Gasteiger partial charge in [0, 0.05) is 32.6 Å². The average molecular weight is 503 g/mol. The number of carboxylic acids is 1. The summed E-state index contributed by atoms with van der Waals surface area (Å²) < 4.78 is 10.4. The molecule has 6 N–H and O–H groups in total. The lowest BCUT2D eigenvalue weighted by molar-refractivity contribution is -0.303. The van der Waals surface area contributed by atoms with Gasteiger partial charge >= 0.3 is 5.97 Å². The van der Waals surface area contributed by atoms with Gasteiger partial charge < -0.3 is 40.5 Å². The topological polar surface area (TPSA) is 175 Å². The minimum absolute atomic E-state index is 0.320. The van der Waals surface area contributed by atoms with Crippen LogP contribution in [0.1, 0.15) is 23.7 Å². The van der Waals surface area contributed by atoms with E-state index in [9.17, 15) is 34.8 Å². The number of amides is 2. The number of ether oxygens (including phenoxy) is 2. The second-order valence-electron chi connectivity index (χ2n) is 8.55. The molecule has 3 rings (SSSR count). The third kappa shape index (κ3) is 6.07. The number of benzene rings is 2. The van der Waals surface area contributed by atoms with Crippen molar-refractivity contribution in [3.63, 3.8) is 0 Å². The Bertz CT molecular complexity index is 1060. The molecule has 36 heavy (non-hydrogen) atoms. The molecule has 0 spiro atoms. The Morgan fingerprint density at radius 3 is 2.25 bits per heavy atom. The van der Waals surface area contributed by atoms with E-state index in [1.54, 1.807) is 24.3 Å². The quantitative estimate of drug-likeness (QED) is 0.273. The number of methoxy groups -OCH3 is 1. The molecule has 1 fully saturated rings. The van der Waals surface area contributed by atoms with E-state index in [4.69, 9.17) is 9.47 Å². The lowest BCUT2D eigenvalue weighted by atomic mass is 9.88. The molecule has 2 amide bonds. The van der Waals surface area contributed by atoms with Gasteiger partial charge in [-0.1, -0.05) is 42.5 Å². The van der Waals surface area contributed by atoms with Crippen LogP contribution in [0.2, 0.25) is 0 Å². The third-order valence-corrected chi connectivity index (χ3v) is 6.06. The maximum atomic E-state index is 12.6. The summed E-state index contributed by atoms with van der Waals surface area (Å²) in [5.41, 5.74) is 2.22. The van der Waals surface area contributed by atoms with E-state index in [2.05, 4.69) is 10.6 Å². The summed E-state index contributed by atoms with van der Waals surface area (Å²) in [6, 6.07) is 15.1. The van der Waals surface area contributed by atoms with Crippen LogP contribution < -0.4 is 10.6 Å². The SMILES string of the molecule is CO[C@]1(C(=O)O)C[C@H](O)[C@@H](NC(C)=O)C([C@H](O)[C@H](O)CNC(=O)c2ccc(-c3ccccc3)cc2)O1. The van der Waals surface area contributed by atoms with Crippen molar-refractivity contribution in [1.82, 2.24) is 10.6 Å². The predicted molar refractivity (Wildman–Crippen MR) is 127 cm³/mol. The molecule has 194 valence electrons. The summed E-state index contributed by atoms with van der Waals surface area (Å²) in [6.07, 6.45) is -6.99. The van der Waals surface area contributed by atoms with Gasteiger partial charge in [-0.3, -0.25) is 9.59 Å². The molecule has 1 aliphatic rings. The number of carboxylic acid groups (broad SMARTS) is 1. The lowest BCUT2D eigenvalue weighted by Crippen LogP contribution is -2.68. The second-order valence-corrected chi connectivity index (χ2v) is 8.55. The molecule has 0 saturated carbocycles. The first-order valence-electron chi connectivity index (χ1n) is 11.3. The summed E-state index contributed by atoms with van der Waals surface area (Å²) in [4.78, 5) is 35.9. The highest BCUT2D eigenvalue weighted by Gasteiger charge is 2.55. The van der Waals surface area contributed by atoms with E-state index >= 15 is 0 Å². The summed E-state index contributed by atoms with van der Waals surface area (Å²) in [7, 11) is 1.06. The monoisotopic (exact) mass is 502 g/mol. The van der Waals surface area contributed by atoms with Crippen LogP contribution in [0.3, 0.4) is 0 Å². The zero-order valence-corrected chi connectivity index (χ0v) is 19.8. The van der Waals surface area contributed by atoms with Crippen LogP contribution in [0.4, 0.5) is 0 Å². The molecule has 1 unspecified atom stereocenters. The molecule has 0 bridgehead atoms. The van der Waals surface area contributed by atoms with Gasteiger partial charge in [-0.25, -0.2) is 4.79 Å². The van der Waals surface area contributed by atoms with Crippen LogP contribution in [0.25, 0.3) is 11.1 Å². The van der Waals surface area contributed by atoms with Gasteiger partial charge in [0.1, 0.15) is 12.2 Å². The first-order valence-corrected chi connectivity index (χ1v) is 11.3. The van der Waals surface area contributed by atoms with Crippen molar-refractivity contribution in [2.24, 2.45) is 0 Å². The Balaban J connectivity index is 1.68. The van der Waals surface area contributed by atoms with Crippen molar-refractivity contribution >= 4 is 17.8 Å². The van der Waals surface area contributed by atoms with Crippen molar-refractivity contribution in [2.75, 3.05) is 13.7 Å². The maximum Gasteiger partial charge on any atom is 0.364 e. The fraction of sp³-hybridized carbons (Fsp3) is 0.400. The van der Waals surface area contributed by atoms with Crippen LogP contribution in [-0.4, -0.2) is 88.1 Å². The van der Waals surface area contributed by atoms with E-state index in [1.165, 1.54) is 6.92 Å². The molecule has 0 radical (unpaired) electrons. The van der Waals surface area contributed by atoms with Gasteiger partial charge in [0.25, 0.3) is 11.7 Å². The number of aliphatic hydroxyl groups excluding tert-OH is 3. The Labute approximate surface area is 207 Å². The van der Waals surface area contributed by atoms with Gasteiger partial charge in [-0.2, -0.15) is 0 Å². The van der Waals surface area contributed by atoms with Crippen molar-refractivity contribution < 1.29 is 44.3 Å². The van der Waals surface area contributed by atoms with Crippen LogP contribution >= 0.6 is 0 Å². The largest absolute Gasteiger partial charge is 0.477 e. The number of carbonyl (C=O) groups is 3. The van der Waals surface area contributed by atoms with Gasteiger partial charge in [-0.15, -0.1) is 0 Å². The van der Waals surface area contributed by atoms with Crippen molar-refractivity contribution in [3.8, 4) is 11.1 Å². The first kappa shape index (κ1) is 27.2. The number of rotatable bonds is 9. The van der Waals surface area contributed by atoms with Crippen molar-refractivity contribution in [2.45, 2.75) is 49.6 Å². The van der Waals surface area contributed by atoms with Crippen LogP contribution in [-0.2, 0) is 19.1 Å². The van der Waals surface area contributed by atoms with Gasteiger partial charge in [0.2, 0.25) is 5.91 Å². The van der Waals surface area contributed by atoms with Crippen LogP contribution in [0, 0.1) is 0 Å². The zero-order valence-electron chi connectivity index (χ0n) is 19.8. The third-order valence-electron chi connectivity index (χ3n) is 6.06. The summed E-state index contributed by atoms with van der Waals surface area (Å²) >= 11 is 0. The Morgan fingerprint density at radius 1 is 1.08 bits per heavy atom. The number of aliphatic hydroxyl groups is 3. The molecule has 11 nitrogen and oxygen atoms in total. The van der Waals surface area contributed by atoms with E-state index in [1.807, 2.05) is 30.3 Å². The van der Waals surface area contributed by atoms with E-state index in [-0.39, 0.29) is 0 Å². The molecular weight excluding hydrogens is 472 g/mol. The summed E-state index contributed by atoms with van der Waals surface area (Å²) in [5.74, 6) is -4.93. The van der Waals surface area contributed by atoms with Gasteiger partial charge in [0.15, 0.2) is 0 Å². The molecule has 6 atom stereocenters. The van der Waals surface area contributed by atoms with Gasteiger partial charge in [0.05, 0.1) is 18.2 Å².